The lowest BCUT2D eigenvalue weighted by Gasteiger charge is -2.21. The highest BCUT2D eigenvalue weighted by molar-refractivity contribution is 5.32. The maximum atomic E-state index is 12.8. The van der Waals surface area contributed by atoms with Crippen LogP contribution in [0.15, 0.2) is 24.3 Å². The van der Waals surface area contributed by atoms with E-state index >= 15 is 0 Å². The van der Waals surface area contributed by atoms with Gasteiger partial charge in [0.1, 0.15) is 0 Å². The molecule has 1 nitrogen and oxygen atoms in total. The summed E-state index contributed by atoms with van der Waals surface area (Å²) in [5.41, 5.74) is -0.206. The number of alkyl halides is 3. The number of nitrogens with one attached hydrogen (secondary N) is 1. The predicted octanol–water partition coefficient (Wildman–Crippen LogP) is 3.77. The molecule has 1 atom stereocenters. The minimum atomic E-state index is -4.28. The molecule has 0 radical (unpaired) electrons. The number of halogens is 3. The summed E-state index contributed by atoms with van der Waals surface area (Å²) in [7, 11) is 0. The van der Waals surface area contributed by atoms with Gasteiger partial charge in [-0.1, -0.05) is 32.0 Å². The van der Waals surface area contributed by atoms with E-state index in [0.717, 1.165) is 6.07 Å². The normalized spacial score (nSPS) is 13.8. The first-order valence-corrected chi connectivity index (χ1v) is 5.40. The van der Waals surface area contributed by atoms with E-state index in [9.17, 15) is 13.2 Å². The molecule has 0 aromatic heterocycles. The fourth-order valence-electron chi connectivity index (χ4n) is 1.78. The van der Waals surface area contributed by atoms with Crippen molar-refractivity contribution in [3.05, 3.63) is 35.4 Å². The Morgan fingerprint density at radius 2 is 1.81 bits per heavy atom. The van der Waals surface area contributed by atoms with E-state index in [1.165, 1.54) is 6.07 Å². The summed E-state index contributed by atoms with van der Waals surface area (Å²) >= 11 is 0. The molecule has 0 heterocycles. The van der Waals surface area contributed by atoms with E-state index in [1.807, 2.05) is 13.8 Å². The fraction of sp³-hybridized carbons (Fsp3) is 0.500. The minimum Gasteiger partial charge on any atom is -0.310 e. The largest absolute Gasteiger partial charge is 0.416 e. The van der Waals surface area contributed by atoms with E-state index in [-0.39, 0.29) is 6.04 Å². The van der Waals surface area contributed by atoms with Gasteiger partial charge in [-0.2, -0.15) is 13.2 Å². The summed E-state index contributed by atoms with van der Waals surface area (Å²) in [4.78, 5) is 0. The van der Waals surface area contributed by atoms with E-state index in [4.69, 9.17) is 0 Å². The molecule has 0 saturated carbocycles. The van der Waals surface area contributed by atoms with Gasteiger partial charge in [-0.15, -0.1) is 0 Å². The zero-order valence-corrected chi connectivity index (χ0v) is 9.43. The van der Waals surface area contributed by atoms with Crippen molar-refractivity contribution in [2.45, 2.75) is 32.5 Å². The molecule has 90 valence electrons. The van der Waals surface area contributed by atoms with Crippen molar-refractivity contribution in [1.82, 2.24) is 5.32 Å². The summed E-state index contributed by atoms with van der Waals surface area (Å²) in [5, 5.41) is 3.06. The van der Waals surface area contributed by atoms with Crippen LogP contribution in [0.25, 0.3) is 0 Å². The maximum Gasteiger partial charge on any atom is 0.416 e. The third-order valence-electron chi connectivity index (χ3n) is 2.50. The molecular formula is C12H16F3N. The molecule has 0 fully saturated rings. The smallest absolute Gasteiger partial charge is 0.310 e. The van der Waals surface area contributed by atoms with Crippen molar-refractivity contribution in [2.75, 3.05) is 6.54 Å². The van der Waals surface area contributed by atoms with Crippen LogP contribution in [0, 0.1) is 0 Å². The van der Waals surface area contributed by atoms with E-state index in [2.05, 4.69) is 5.32 Å². The second-order valence-electron chi connectivity index (χ2n) is 3.60. The lowest BCUT2D eigenvalue weighted by molar-refractivity contribution is -0.138. The zero-order chi connectivity index (χ0) is 12.2. The average molecular weight is 231 g/mol. The zero-order valence-electron chi connectivity index (χ0n) is 9.43. The number of benzene rings is 1. The summed E-state index contributed by atoms with van der Waals surface area (Å²) in [6.07, 6.45) is -3.64. The summed E-state index contributed by atoms with van der Waals surface area (Å²) in [6.45, 7) is 4.42. The molecule has 1 rings (SSSR count). The lowest BCUT2D eigenvalue weighted by Crippen LogP contribution is -2.23. The second kappa shape index (κ2) is 5.34. The quantitative estimate of drug-likeness (QED) is 0.831. The Morgan fingerprint density at radius 3 is 2.31 bits per heavy atom. The highest BCUT2D eigenvalue weighted by atomic mass is 19.4. The molecule has 0 spiro atoms. The van der Waals surface area contributed by atoms with Crippen LogP contribution in [0.4, 0.5) is 13.2 Å². The summed E-state index contributed by atoms with van der Waals surface area (Å²) in [6, 6.07) is 5.51. The van der Waals surface area contributed by atoms with Gasteiger partial charge in [-0.05, 0) is 24.6 Å². The van der Waals surface area contributed by atoms with E-state index in [0.29, 0.717) is 18.5 Å². The van der Waals surface area contributed by atoms with Crippen LogP contribution in [-0.2, 0) is 6.18 Å². The average Bonchev–Trinajstić information content (AvgIpc) is 2.25. The van der Waals surface area contributed by atoms with Gasteiger partial charge in [0, 0.05) is 6.04 Å². The third-order valence-corrected chi connectivity index (χ3v) is 2.50. The SMILES string of the molecule is CCN[C@@H](CC)c1ccccc1C(F)(F)F. The monoisotopic (exact) mass is 231 g/mol. The molecule has 1 N–H and O–H groups in total. The predicted molar refractivity (Wildman–Crippen MR) is 58.2 cm³/mol. The van der Waals surface area contributed by atoms with Crippen molar-refractivity contribution in [3.8, 4) is 0 Å². The molecule has 4 heteroatoms. The van der Waals surface area contributed by atoms with Crippen LogP contribution in [0.1, 0.15) is 37.4 Å². The second-order valence-corrected chi connectivity index (χ2v) is 3.60. The van der Waals surface area contributed by atoms with Gasteiger partial charge < -0.3 is 5.32 Å². The van der Waals surface area contributed by atoms with Crippen LogP contribution in [-0.4, -0.2) is 6.54 Å². The van der Waals surface area contributed by atoms with Gasteiger partial charge in [0.05, 0.1) is 5.56 Å². The lowest BCUT2D eigenvalue weighted by atomic mass is 9.98. The molecule has 0 aliphatic rings. The molecule has 0 bridgehead atoms. The molecule has 0 saturated heterocycles. The highest BCUT2D eigenvalue weighted by Gasteiger charge is 2.34. The Labute approximate surface area is 93.7 Å². The summed E-state index contributed by atoms with van der Waals surface area (Å²) in [5.74, 6) is 0. The molecule has 0 aliphatic heterocycles. The van der Waals surface area contributed by atoms with Crippen LogP contribution >= 0.6 is 0 Å². The van der Waals surface area contributed by atoms with Crippen LogP contribution < -0.4 is 5.32 Å². The van der Waals surface area contributed by atoms with Crippen LogP contribution in [0.2, 0.25) is 0 Å². The van der Waals surface area contributed by atoms with Crippen LogP contribution in [0.5, 0.6) is 0 Å². The Bertz CT molecular complexity index is 333. The van der Waals surface area contributed by atoms with Crippen molar-refractivity contribution in [2.24, 2.45) is 0 Å². The third kappa shape index (κ3) is 2.98. The summed E-state index contributed by atoms with van der Waals surface area (Å²) < 4.78 is 38.3. The van der Waals surface area contributed by atoms with Crippen molar-refractivity contribution >= 4 is 0 Å². The molecule has 0 aliphatic carbocycles. The van der Waals surface area contributed by atoms with E-state index in [1.54, 1.807) is 12.1 Å². The minimum absolute atomic E-state index is 0.233. The first-order chi connectivity index (χ1) is 7.50. The Kier molecular flexibility index (Phi) is 4.35. The molecule has 1 aromatic carbocycles. The molecule has 16 heavy (non-hydrogen) atoms. The van der Waals surface area contributed by atoms with E-state index < -0.39 is 11.7 Å². The standard InChI is InChI=1S/C12H16F3N/c1-3-11(16-4-2)9-7-5-6-8-10(9)12(13,14)15/h5-8,11,16H,3-4H2,1-2H3/t11-/m0/s1. The van der Waals surface area contributed by atoms with Crippen molar-refractivity contribution in [1.29, 1.82) is 0 Å². The highest BCUT2D eigenvalue weighted by Crippen LogP contribution is 2.35. The fourth-order valence-corrected chi connectivity index (χ4v) is 1.78. The van der Waals surface area contributed by atoms with Gasteiger partial charge in [-0.25, -0.2) is 0 Å². The Balaban J connectivity index is 3.11. The molecule has 0 unspecified atom stereocenters. The topological polar surface area (TPSA) is 12.0 Å². The van der Waals surface area contributed by atoms with Crippen LogP contribution in [0.3, 0.4) is 0 Å². The Morgan fingerprint density at radius 1 is 1.19 bits per heavy atom. The van der Waals surface area contributed by atoms with Gasteiger partial charge in [0.25, 0.3) is 0 Å². The Hall–Kier alpha value is -1.03. The maximum absolute atomic E-state index is 12.8. The first-order valence-electron chi connectivity index (χ1n) is 5.40. The first kappa shape index (κ1) is 13.0. The number of hydrogen-bond donors (Lipinski definition) is 1. The number of hydrogen-bond acceptors (Lipinski definition) is 1. The molecule has 1 aromatic rings. The molecule has 0 amide bonds. The van der Waals surface area contributed by atoms with Gasteiger partial charge in [-0.3, -0.25) is 0 Å². The van der Waals surface area contributed by atoms with Crippen molar-refractivity contribution in [3.63, 3.8) is 0 Å². The van der Waals surface area contributed by atoms with Gasteiger partial charge >= 0.3 is 6.18 Å². The molecular weight excluding hydrogens is 215 g/mol. The number of rotatable bonds is 4. The van der Waals surface area contributed by atoms with Gasteiger partial charge in [0.15, 0.2) is 0 Å². The van der Waals surface area contributed by atoms with Gasteiger partial charge in [0.2, 0.25) is 0 Å². The van der Waals surface area contributed by atoms with Crippen molar-refractivity contribution < 1.29 is 13.2 Å².